The van der Waals surface area contributed by atoms with Gasteiger partial charge in [0, 0.05) is 10.6 Å². The third-order valence-corrected chi connectivity index (χ3v) is 3.73. The summed E-state index contributed by atoms with van der Waals surface area (Å²) in [5, 5.41) is 14.4. The van der Waals surface area contributed by atoms with Gasteiger partial charge in [0.15, 0.2) is 6.10 Å². The number of nitrogens with zero attached hydrogens (tertiary/aromatic N) is 1. The third-order valence-electron chi connectivity index (χ3n) is 3.48. The van der Waals surface area contributed by atoms with E-state index < -0.39 is 30.4 Å². The number of nitrogens with one attached hydrogen (secondary N) is 2. The third kappa shape index (κ3) is 5.83. The first-order valence-corrected chi connectivity index (χ1v) is 8.31. The molecule has 27 heavy (non-hydrogen) atoms. The molecule has 0 aliphatic carbocycles. The van der Waals surface area contributed by atoms with Crippen LogP contribution in [0, 0.1) is 11.3 Å². The quantitative estimate of drug-likeness (QED) is 0.743. The number of esters is 1. The van der Waals surface area contributed by atoms with E-state index in [4.69, 9.17) is 21.6 Å². The lowest BCUT2D eigenvalue weighted by Gasteiger charge is -2.14. The molecule has 2 N–H and O–H groups in total. The normalized spacial score (nSPS) is 11.0. The van der Waals surface area contributed by atoms with Crippen molar-refractivity contribution in [3.63, 3.8) is 0 Å². The van der Waals surface area contributed by atoms with Crippen molar-refractivity contribution in [2.45, 2.75) is 13.0 Å². The SMILES string of the molecule is C[C@@H](OC(=O)CNC(=O)c1ccc(Cl)cc1)C(=O)Nc1ccccc1C#N. The van der Waals surface area contributed by atoms with Crippen molar-refractivity contribution in [1.82, 2.24) is 5.32 Å². The molecular formula is C19H16ClN3O4. The van der Waals surface area contributed by atoms with E-state index in [1.54, 1.807) is 36.4 Å². The van der Waals surface area contributed by atoms with Gasteiger partial charge in [-0.25, -0.2) is 0 Å². The molecule has 0 bridgehead atoms. The Balaban J connectivity index is 1.84. The Labute approximate surface area is 160 Å². The Morgan fingerprint density at radius 3 is 2.48 bits per heavy atom. The van der Waals surface area contributed by atoms with Crippen LogP contribution in [0.15, 0.2) is 48.5 Å². The smallest absolute Gasteiger partial charge is 0.326 e. The summed E-state index contributed by atoms with van der Waals surface area (Å²) >= 11 is 5.75. The van der Waals surface area contributed by atoms with Crippen molar-refractivity contribution in [3.8, 4) is 6.07 Å². The number of para-hydroxylation sites is 1. The summed E-state index contributed by atoms with van der Waals surface area (Å²) in [6, 6.07) is 14.6. The summed E-state index contributed by atoms with van der Waals surface area (Å²) in [7, 11) is 0. The van der Waals surface area contributed by atoms with Crippen LogP contribution in [0.4, 0.5) is 5.69 Å². The zero-order valence-electron chi connectivity index (χ0n) is 14.4. The van der Waals surface area contributed by atoms with Gasteiger partial charge in [-0.3, -0.25) is 14.4 Å². The largest absolute Gasteiger partial charge is 0.451 e. The average molecular weight is 386 g/mol. The molecule has 2 aromatic carbocycles. The van der Waals surface area contributed by atoms with Crippen LogP contribution in [-0.2, 0) is 14.3 Å². The van der Waals surface area contributed by atoms with Gasteiger partial charge in [0.1, 0.15) is 12.6 Å². The molecule has 1 atom stereocenters. The molecule has 138 valence electrons. The lowest BCUT2D eigenvalue weighted by molar-refractivity contribution is -0.152. The zero-order valence-corrected chi connectivity index (χ0v) is 15.1. The second-order valence-corrected chi connectivity index (χ2v) is 5.90. The Kier molecular flexibility index (Phi) is 6.92. The standard InChI is InChI=1S/C19H16ClN3O4/c1-12(18(25)23-16-5-3-2-4-14(16)10-21)27-17(24)11-22-19(26)13-6-8-15(20)9-7-13/h2-9,12H,11H2,1H3,(H,22,26)(H,23,25)/t12-/m1/s1. The molecule has 8 heteroatoms. The minimum Gasteiger partial charge on any atom is -0.451 e. The number of amides is 2. The second kappa shape index (κ2) is 9.36. The Morgan fingerprint density at radius 1 is 1.15 bits per heavy atom. The van der Waals surface area contributed by atoms with Crippen LogP contribution in [0.25, 0.3) is 0 Å². The van der Waals surface area contributed by atoms with Gasteiger partial charge in [-0.15, -0.1) is 0 Å². The Hall–Kier alpha value is -3.37. The molecule has 0 heterocycles. The van der Waals surface area contributed by atoms with Gasteiger partial charge in [0.25, 0.3) is 11.8 Å². The minimum absolute atomic E-state index is 0.291. The van der Waals surface area contributed by atoms with Crippen LogP contribution in [0.1, 0.15) is 22.8 Å². The minimum atomic E-state index is -1.10. The molecule has 2 aromatic rings. The van der Waals surface area contributed by atoms with E-state index in [2.05, 4.69) is 10.6 Å². The van der Waals surface area contributed by atoms with Crippen molar-refractivity contribution in [2.24, 2.45) is 0 Å². The highest BCUT2D eigenvalue weighted by atomic mass is 35.5. The monoisotopic (exact) mass is 385 g/mol. The molecule has 0 aliphatic rings. The number of carbonyl (C=O) groups is 3. The number of benzene rings is 2. The summed E-state index contributed by atoms with van der Waals surface area (Å²) in [4.78, 5) is 35.9. The first-order valence-electron chi connectivity index (χ1n) is 7.94. The fourth-order valence-corrected chi connectivity index (χ4v) is 2.20. The van der Waals surface area contributed by atoms with E-state index in [1.165, 1.54) is 19.1 Å². The second-order valence-electron chi connectivity index (χ2n) is 5.47. The topological polar surface area (TPSA) is 108 Å². The number of ether oxygens (including phenoxy) is 1. The number of hydrogen-bond donors (Lipinski definition) is 2. The van der Waals surface area contributed by atoms with Gasteiger partial charge >= 0.3 is 5.97 Å². The summed E-state index contributed by atoms with van der Waals surface area (Å²) < 4.78 is 4.99. The average Bonchev–Trinajstić information content (AvgIpc) is 2.67. The number of hydrogen-bond acceptors (Lipinski definition) is 5. The molecule has 0 saturated heterocycles. The summed E-state index contributed by atoms with van der Waals surface area (Å²) in [5.41, 5.74) is 0.953. The molecule has 2 amide bonds. The van der Waals surface area contributed by atoms with E-state index in [1.807, 2.05) is 6.07 Å². The maximum atomic E-state index is 12.1. The maximum Gasteiger partial charge on any atom is 0.326 e. The molecule has 2 rings (SSSR count). The zero-order chi connectivity index (χ0) is 19.8. The van der Waals surface area contributed by atoms with Gasteiger partial charge in [-0.1, -0.05) is 23.7 Å². The fourth-order valence-electron chi connectivity index (χ4n) is 2.07. The number of rotatable bonds is 6. The van der Waals surface area contributed by atoms with Gasteiger partial charge < -0.3 is 15.4 Å². The van der Waals surface area contributed by atoms with Crippen molar-refractivity contribution >= 4 is 35.1 Å². The molecule has 0 radical (unpaired) electrons. The van der Waals surface area contributed by atoms with Crippen molar-refractivity contribution in [1.29, 1.82) is 5.26 Å². The molecule has 0 fully saturated rings. The van der Waals surface area contributed by atoms with Gasteiger partial charge in [-0.2, -0.15) is 5.26 Å². The number of halogens is 1. The highest BCUT2D eigenvalue weighted by molar-refractivity contribution is 6.30. The number of nitriles is 1. The Bertz CT molecular complexity index is 891. The van der Waals surface area contributed by atoms with Crippen LogP contribution >= 0.6 is 11.6 Å². The fraction of sp³-hybridized carbons (Fsp3) is 0.158. The van der Waals surface area contributed by atoms with Crippen LogP contribution in [0.2, 0.25) is 5.02 Å². The molecule has 0 unspecified atom stereocenters. The highest BCUT2D eigenvalue weighted by Gasteiger charge is 2.19. The first kappa shape index (κ1) is 19.9. The van der Waals surface area contributed by atoms with Gasteiger partial charge in [0.05, 0.1) is 11.3 Å². The highest BCUT2D eigenvalue weighted by Crippen LogP contribution is 2.14. The van der Waals surface area contributed by atoms with Gasteiger partial charge in [-0.05, 0) is 43.3 Å². The first-order chi connectivity index (χ1) is 12.9. The molecule has 0 spiro atoms. The van der Waals surface area contributed by atoms with E-state index in [0.29, 0.717) is 21.8 Å². The van der Waals surface area contributed by atoms with E-state index in [-0.39, 0.29) is 0 Å². The predicted octanol–water partition coefficient (Wildman–Crippen LogP) is 2.51. The van der Waals surface area contributed by atoms with Crippen molar-refractivity contribution in [2.75, 3.05) is 11.9 Å². The van der Waals surface area contributed by atoms with Crippen LogP contribution < -0.4 is 10.6 Å². The van der Waals surface area contributed by atoms with Crippen molar-refractivity contribution < 1.29 is 19.1 Å². The van der Waals surface area contributed by atoms with Crippen LogP contribution in [0.3, 0.4) is 0 Å². The molecular weight excluding hydrogens is 370 g/mol. The van der Waals surface area contributed by atoms with Gasteiger partial charge in [0.2, 0.25) is 0 Å². The lowest BCUT2D eigenvalue weighted by Crippen LogP contribution is -2.35. The van der Waals surface area contributed by atoms with E-state index >= 15 is 0 Å². The predicted molar refractivity (Wildman–Crippen MR) is 99.1 cm³/mol. The number of carbonyl (C=O) groups excluding carboxylic acids is 3. The Morgan fingerprint density at radius 2 is 1.81 bits per heavy atom. The summed E-state index contributed by atoms with van der Waals surface area (Å²) in [6.07, 6.45) is -1.10. The van der Waals surface area contributed by atoms with E-state index in [0.717, 1.165) is 0 Å². The molecule has 0 aliphatic heterocycles. The lowest BCUT2D eigenvalue weighted by atomic mass is 10.2. The van der Waals surface area contributed by atoms with Crippen LogP contribution in [0.5, 0.6) is 0 Å². The molecule has 7 nitrogen and oxygen atoms in total. The van der Waals surface area contributed by atoms with E-state index in [9.17, 15) is 14.4 Å². The van der Waals surface area contributed by atoms with Crippen LogP contribution in [-0.4, -0.2) is 30.4 Å². The number of anilines is 1. The maximum absolute atomic E-state index is 12.1. The van der Waals surface area contributed by atoms with Crippen molar-refractivity contribution in [3.05, 3.63) is 64.7 Å². The molecule has 0 saturated carbocycles. The summed E-state index contributed by atoms with van der Waals surface area (Å²) in [5.74, 6) is -1.83. The summed E-state index contributed by atoms with van der Waals surface area (Å²) in [6.45, 7) is 0.997. The molecule has 0 aromatic heterocycles.